The fraction of sp³-hybridized carbons (Fsp3) is 0.435. The van der Waals surface area contributed by atoms with E-state index >= 15 is 0 Å². The molecule has 0 radical (unpaired) electrons. The average molecular weight is 415 g/mol. The summed E-state index contributed by atoms with van der Waals surface area (Å²) in [6.45, 7) is 0.597. The Morgan fingerprint density at radius 1 is 1.20 bits per heavy atom. The minimum atomic E-state index is -2.45. The van der Waals surface area contributed by atoms with E-state index in [1.807, 2.05) is 18.2 Å². The first-order chi connectivity index (χ1) is 14.5. The van der Waals surface area contributed by atoms with Gasteiger partial charge in [-0.3, -0.25) is 4.90 Å². The lowest BCUT2D eigenvalue weighted by atomic mass is 9.96. The van der Waals surface area contributed by atoms with Crippen LogP contribution < -0.4 is 10.5 Å². The predicted molar refractivity (Wildman–Crippen MR) is 108 cm³/mol. The number of nitrogens with zero attached hydrogens (tertiary/aromatic N) is 2. The summed E-state index contributed by atoms with van der Waals surface area (Å²) < 4.78 is 44.9. The molecule has 0 spiro atoms. The fourth-order valence-corrected chi connectivity index (χ4v) is 4.67. The average Bonchev–Trinajstić information content (AvgIpc) is 3.23. The van der Waals surface area contributed by atoms with Gasteiger partial charge in [0, 0.05) is 36.7 Å². The summed E-state index contributed by atoms with van der Waals surface area (Å²) in [6.07, 6.45) is 0.440. The van der Waals surface area contributed by atoms with E-state index in [1.54, 1.807) is 12.1 Å². The van der Waals surface area contributed by atoms with Crippen molar-refractivity contribution in [3.8, 4) is 22.9 Å². The van der Waals surface area contributed by atoms with Crippen LogP contribution in [0.25, 0.3) is 11.1 Å². The Kier molecular flexibility index (Phi) is 5.98. The molecular formula is C23H24F3N3O. The van der Waals surface area contributed by atoms with E-state index in [-0.39, 0.29) is 24.6 Å². The standard InChI is InChI=1S/C23H24F3N3O/c24-19-10-15(2-3-16(19)12-27)18-9-14(1-6-22(18)30-8-7-23(25)26)13-29-17-4-5-21(29)20(28)11-17/h1-3,6,9-10,17,20-21,23H,4-5,7-8,11,13,28H2/t17-,20+,21+/m1/s1. The first kappa shape index (κ1) is 20.7. The fourth-order valence-electron chi connectivity index (χ4n) is 4.67. The Balaban J connectivity index is 1.63. The molecule has 2 saturated heterocycles. The first-order valence-electron chi connectivity index (χ1n) is 10.2. The third-order valence-corrected chi connectivity index (χ3v) is 6.13. The van der Waals surface area contributed by atoms with Crippen molar-refractivity contribution < 1.29 is 17.9 Å². The van der Waals surface area contributed by atoms with Crippen LogP contribution >= 0.6 is 0 Å². The summed E-state index contributed by atoms with van der Waals surface area (Å²) in [6, 6.07) is 12.8. The van der Waals surface area contributed by atoms with Crippen LogP contribution in [0.4, 0.5) is 13.2 Å². The van der Waals surface area contributed by atoms with Gasteiger partial charge < -0.3 is 10.5 Å². The van der Waals surface area contributed by atoms with Gasteiger partial charge in [-0.2, -0.15) is 5.26 Å². The smallest absolute Gasteiger partial charge is 0.241 e. The number of alkyl halides is 2. The minimum absolute atomic E-state index is 0.0438. The number of ether oxygens (including phenoxy) is 1. The molecule has 0 aromatic heterocycles. The van der Waals surface area contributed by atoms with Gasteiger partial charge in [0.2, 0.25) is 6.43 Å². The number of rotatable bonds is 7. The maximum absolute atomic E-state index is 14.2. The van der Waals surface area contributed by atoms with Crippen LogP contribution in [-0.4, -0.2) is 36.1 Å². The molecule has 7 heteroatoms. The maximum Gasteiger partial charge on any atom is 0.241 e. The molecule has 2 heterocycles. The number of nitrogens with two attached hydrogens (primary N) is 1. The van der Waals surface area contributed by atoms with Crippen LogP contribution in [-0.2, 0) is 6.54 Å². The van der Waals surface area contributed by atoms with Gasteiger partial charge in [0.1, 0.15) is 17.6 Å². The molecule has 2 aliphatic rings. The van der Waals surface area contributed by atoms with Crippen molar-refractivity contribution in [1.29, 1.82) is 5.26 Å². The Labute approximate surface area is 174 Å². The molecule has 0 unspecified atom stereocenters. The number of hydrogen-bond acceptors (Lipinski definition) is 4. The van der Waals surface area contributed by atoms with Crippen molar-refractivity contribution >= 4 is 0 Å². The van der Waals surface area contributed by atoms with Gasteiger partial charge in [0.15, 0.2) is 0 Å². The topological polar surface area (TPSA) is 62.3 Å². The molecule has 2 fully saturated rings. The number of halogens is 3. The second-order valence-electron chi connectivity index (χ2n) is 8.04. The van der Waals surface area contributed by atoms with E-state index in [2.05, 4.69) is 4.90 Å². The lowest BCUT2D eigenvalue weighted by Gasteiger charge is -2.23. The Hall–Kier alpha value is -2.56. The molecule has 30 heavy (non-hydrogen) atoms. The number of nitriles is 1. The molecule has 2 aromatic rings. The Morgan fingerprint density at radius 3 is 2.67 bits per heavy atom. The normalized spacial score (nSPS) is 23.1. The van der Waals surface area contributed by atoms with Crippen LogP contribution in [0.15, 0.2) is 36.4 Å². The van der Waals surface area contributed by atoms with Crippen molar-refractivity contribution in [3.63, 3.8) is 0 Å². The van der Waals surface area contributed by atoms with Crippen LogP contribution in [0, 0.1) is 17.1 Å². The van der Waals surface area contributed by atoms with Gasteiger partial charge in [0.25, 0.3) is 0 Å². The van der Waals surface area contributed by atoms with Crippen LogP contribution in [0.1, 0.15) is 36.8 Å². The first-order valence-corrected chi connectivity index (χ1v) is 10.2. The van der Waals surface area contributed by atoms with Gasteiger partial charge in [-0.05, 0) is 54.7 Å². The number of hydrogen-bond donors (Lipinski definition) is 1. The Bertz CT molecular complexity index is 959. The Morgan fingerprint density at radius 2 is 2.03 bits per heavy atom. The summed E-state index contributed by atoms with van der Waals surface area (Å²) in [7, 11) is 0. The summed E-state index contributed by atoms with van der Waals surface area (Å²) >= 11 is 0. The SMILES string of the molecule is N#Cc1ccc(-c2cc(CN3[C@@H]4CC[C@H]3[C@@H](N)C4)ccc2OCCC(F)F)cc1F. The van der Waals surface area contributed by atoms with Crippen LogP contribution in [0.2, 0.25) is 0 Å². The summed E-state index contributed by atoms with van der Waals surface area (Å²) in [5, 5.41) is 8.98. The summed E-state index contributed by atoms with van der Waals surface area (Å²) in [5.41, 5.74) is 8.40. The zero-order chi connectivity index (χ0) is 21.3. The molecule has 4 rings (SSSR count). The molecule has 2 aliphatic heterocycles. The molecule has 0 aliphatic carbocycles. The van der Waals surface area contributed by atoms with Gasteiger partial charge in [-0.25, -0.2) is 13.2 Å². The monoisotopic (exact) mass is 415 g/mol. The summed E-state index contributed by atoms with van der Waals surface area (Å²) in [4.78, 5) is 2.43. The van der Waals surface area contributed by atoms with Gasteiger partial charge in [-0.1, -0.05) is 12.1 Å². The van der Waals surface area contributed by atoms with Crippen molar-refractivity contribution in [2.24, 2.45) is 5.73 Å². The highest BCUT2D eigenvalue weighted by Gasteiger charge is 2.44. The van der Waals surface area contributed by atoms with E-state index in [4.69, 9.17) is 15.7 Å². The van der Waals surface area contributed by atoms with Gasteiger partial charge in [-0.15, -0.1) is 0 Å². The minimum Gasteiger partial charge on any atom is -0.493 e. The zero-order valence-electron chi connectivity index (χ0n) is 16.5. The highest BCUT2D eigenvalue weighted by molar-refractivity contribution is 5.72. The third-order valence-electron chi connectivity index (χ3n) is 6.13. The predicted octanol–water partition coefficient (Wildman–Crippen LogP) is 4.46. The zero-order valence-corrected chi connectivity index (χ0v) is 16.5. The molecule has 2 bridgehead atoms. The lowest BCUT2D eigenvalue weighted by molar-refractivity contribution is 0.114. The van der Waals surface area contributed by atoms with Crippen LogP contribution in [0.3, 0.4) is 0 Å². The largest absolute Gasteiger partial charge is 0.493 e. The van der Waals surface area contributed by atoms with Gasteiger partial charge >= 0.3 is 0 Å². The molecule has 0 saturated carbocycles. The van der Waals surface area contributed by atoms with Crippen molar-refractivity contribution in [2.75, 3.05) is 6.61 Å². The van der Waals surface area contributed by atoms with E-state index in [0.29, 0.717) is 29.0 Å². The lowest BCUT2D eigenvalue weighted by Crippen LogP contribution is -2.36. The molecule has 4 nitrogen and oxygen atoms in total. The highest BCUT2D eigenvalue weighted by atomic mass is 19.3. The number of benzene rings is 2. The second kappa shape index (κ2) is 8.66. The molecule has 3 atom stereocenters. The highest BCUT2D eigenvalue weighted by Crippen LogP contribution is 2.39. The summed E-state index contributed by atoms with van der Waals surface area (Å²) in [5.74, 6) is -0.202. The quantitative estimate of drug-likeness (QED) is 0.725. The van der Waals surface area contributed by atoms with E-state index < -0.39 is 12.2 Å². The molecule has 2 aromatic carbocycles. The van der Waals surface area contributed by atoms with E-state index in [9.17, 15) is 13.2 Å². The van der Waals surface area contributed by atoms with E-state index in [1.165, 1.54) is 12.1 Å². The molecular weight excluding hydrogens is 391 g/mol. The van der Waals surface area contributed by atoms with Crippen molar-refractivity contribution in [3.05, 3.63) is 53.3 Å². The second-order valence-corrected chi connectivity index (χ2v) is 8.04. The maximum atomic E-state index is 14.2. The molecule has 2 N–H and O–H groups in total. The van der Waals surface area contributed by atoms with Crippen LogP contribution in [0.5, 0.6) is 5.75 Å². The van der Waals surface area contributed by atoms with E-state index in [0.717, 1.165) is 31.4 Å². The number of fused-ring (bicyclic) bond motifs is 2. The third kappa shape index (κ3) is 4.16. The van der Waals surface area contributed by atoms with Crippen molar-refractivity contribution in [2.45, 2.75) is 56.8 Å². The molecule has 158 valence electrons. The van der Waals surface area contributed by atoms with Gasteiger partial charge in [0.05, 0.1) is 12.2 Å². The van der Waals surface area contributed by atoms with Crippen molar-refractivity contribution in [1.82, 2.24) is 4.90 Å². The molecule has 0 amide bonds.